The van der Waals surface area contributed by atoms with Crippen molar-refractivity contribution in [1.29, 1.82) is 0 Å². The summed E-state index contributed by atoms with van der Waals surface area (Å²) in [5, 5.41) is 8.37. The summed E-state index contributed by atoms with van der Waals surface area (Å²) in [7, 11) is 1.59. The molecule has 1 heterocycles. The zero-order valence-electron chi connectivity index (χ0n) is 11.6. The minimum Gasteiger partial charge on any atom is -0.494 e. The molecule has 0 bridgehead atoms. The van der Waals surface area contributed by atoms with Gasteiger partial charge in [-0.25, -0.2) is 0 Å². The van der Waals surface area contributed by atoms with Gasteiger partial charge in [0.25, 0.3) is 5.89 Å². The molecule has 5 nitrogen and oxygen atoms in total. The van der Waals surface area contributed by atoms with Crippen molar-refractivity contribution in [2.75, 3.05) is 12.8 Å². The topological polar surface area (TPSA) is 74.2 Å². The number of nitrogens with zero attached hydrogens (tertiary/aromatic N) is 2. The molecule has 2 aromatic rings. The van der Waals surface area contributed by atoms with Gasteiger partial charge in [-0.05, 0) is 25.0 Å². The van der Waals surface area contributed by atoms with E-state index in [0.717, 1.165) is 24.3 Å². The third-order valence-corrected chi connectivity index (χ3v) is 3.88. The van der Waals surface area contributed by atoms with Crippen LogP contribution in [-0.2, 0) is 0 Å². The first kappa shape index (κ1) is 13.0. The van der Waals surface area contributed by atoms with Gasteiger partial charge in [-0.1, -0.05) is 25.3 Å². The van der Waals surface area contributed by atoms with E-state index in [4.69, 9.17) is 14.9 Å². The Morgan fingerprint density at radius 2 is 2.00 bits per heavy atom. The molecule has 3 rings (SSSR count). The molecule has 1 aliphatic rings. The monoisotopic (exact) mass is 273 g/mol. The van der Waals surface area contributed by atoms with Crippen LogP contribution < -0.4 is 10.5 Å². The van der Waals surface area contributed by atoms with Crippen LogP contribution >= 0.6 is 0 Å². The number of nitrogen functional groups attached to an aromatic ring is 1. The Labute approximate surface area is 118 Å². The Morgan fingerprint density at radius 1 is 1.20 bits per heavy atom. The van der Waals surface area contributed by atoms with Crippen LogP contribution in [0.3, 0.4) is 0 Å². The van der Waals surface area contributed by atoms with Crippen LogP contribution in [0.5, 0.6) is 5.75 Å². The molecular weight excluding hydrogens is 254 g/mol. The molecule has 1 fully saturated rings. The number of anilines is 1. The highest BCUT2D eigenvalue weighted by molar-refractivity contribution is 5.72. The van der Waals surface area contributed by atoms with Crippen molar-refractivity contribution in [3.8, 4) is 17.2 Å². The van der Waals surface area contributed by atoms with Crippen molar-refractivity contribution in [2.45, 2.75) is 38.0 Å². The van der Waals surface area contributed by atoms with Gasteiger partial charge in [0.1, 0.15) is 0 Å². The molecule has 0 aliphatic heterocycles. The predicted octanol–water partition coefficient (Wildman–Crippen LogP) is 3.38. The van der Waals surface area contributed by atoms with Gasteiger partial charge in [-0.3, -0.25) is 0 Å². The fourth-order valence-corrected chi connectivity index (χ4v) is 2.81. The number of hydrogen-bond acceptors (Lipinski definition) is 5. The fraction of sp³-hybridized carbons (Fsp3) is 0.467. The minimum atomic E-state index is 0.400. The second-order valence-corrected chi connectivity index (χ2v) is 5.21. The Morgan fingerprint density at radius 3 is 2.75 bits per heavy atom. The molecule has 0 atom stereocenters. The number of methoxy groups -OCH3 is 1. The lowest BCUT2D eigenvalue weighted by molar-refractivity contribution is 0.366. The maximum Gasteiger partial charge on any atom is 0.251 e. The average Bonchev–Trinajstić information content (AvgIpc) is 2.97. The first-order chi connectivity index (χ1) is 9.79. The SMILES string of the molecule is COc1c(N)cccc1-c1nnc(C2CCCCC2)o1. The van der Waals surface area contributed by atoms with E-state index < -0.39 is 0 Å². The summed E-state index contributed by atoms with van der Waals surface area (Å²) in [5.74, 6) is 2.21. The second-order valence-electron chi connectivity index (χ2n) is 5.21. The summed E-state index contributed by atoms with van der Waals surface area (Å²) in [5.41, 5.74) is 7.23. The van der Waals surface area contributed by atoms with Crippen LogP contribution in [0.25, 0.3) is 11.5 Å². The van der Waals surface area contributed by atoms with Gasteiger partial charge in [-0.15, -0.1) is 10.2 Å². The maximum atomic E-state index is 5.90. The molecule has 1 aromatic carbocycles. The van der Waals surface area contributed by atoms with Gasteiger partial charge in [0.05, 0.1) is 18.4 Å². The summed E-state index contributed by atoms with van der Waals surface area (Å²) in [6.07, 6.45) is 6.06. The van der Waals surface area contributed by atoms with Crippen molar-refractivity contribution < 1.29 is 9.15 Å². The number of benzene rings is 1. The van der Waals surface area contributed by atoms with Crippen LogP contribution in [0, 0.1) is 0 Å². The third-order valence-electron chi connectivity index (χ3n) is 3.88. The number of aromatic nitrogens is 2. The number of para-hydroxylation sites is 1. The van der Waals surface area contributed by atoms with Crippen molar-refractivity contribution in [3.63, 3.8) is 0 Å². The zero-order valence-corrected chi connectivity index (χ0v) is 11.6. The number of ether oxygens (including phenoxy) is 1. The molecular formula is C15H19N3O2. The molecule has 1 aliphatic carbocycles. The molecule has 5 heteroatoms. The van der Waals surface area contributed by atoms with E-state index in [1.165, 1.54) is 19.3 Å². The molecule has 0 saturated heterocycles. The lowest BCUT2D eigenvalue weighted by Gasteiger charge is -2.17. The van der Waals surface area contributed by atoms with E-state index in [1.54, 1.807) is 13.2 Å². The Kier molecular flexibility index (Phi) is 3.58. The molecule has 0 amide bonds. The second kappa shape index (κ2) is 5.53. The molecule has 0 unspecified atom stereocenters. The van der Waals surface area contributed by atoms with Crippen LogP contribution in [0.15, 0.2) is 22.6 Å². The van der Waals surface area contributed by atoms with Crippen molar-refractivity contribution >= 4 is 5.69 Å². The Bertz CT molecular complexity index is 589. The van der Waals surface area contributed by atoms with Crippen LogP contribution in [-0.4, -0.2) is 17.3 Å². The summed E-state index contributed by atoms with van der Waals surface area (Å²) in [6.45, 7) is 0. The zero-order chi connectivity index (χ0) is 13.9. The number of rotatable bonds is 3. The first-order valence-electron chi connectivity index (χ1n) is 7.06. The lowest BCUT2D eigenvalue weighted by atomic mass is 9.89. The van der Waals surface area contributed by atoms with E-state index in [-0.39, 0.29) is 0 Å². The normalized spacial score (nSPS) is 16.2. The van der Waals surface area contributed by atoms with Gasteiger partial charge < -0.3 is 14.9 Å². The van der Waals surface area contributed by atoms with Crippen molar-refractivity contribution in [2.24, 2.45) is 0 Å². The van der Waals surface area contributed by atoms with E-state index in [0.29, 0.717) is 23.2 Å². The van der Waals surface area contributed by atoms with Gasteiger partial charge >= 0.3 is 0 Å². The fourth-order valence-electron chi connectivity index (χ4n) is 2.81. The van der Waals surface area contributed by atoms with Gasteiger partial charge in [0.15, 0.2) is 5.75 Å². The van der Waals surface area contributed by atoms with Crippen molar-refractivity contribution in [1.82, 2.24) is 10.2 Å². The molecule has 1 saturated carbocycles. The third kappa shape index (κ3) is 2.35. The minimum absolute atomic E-state index is 0.400. The Balaban J connectivity index is 1.92. The molecule has 0 radical (unpaired) electrons. The van der Waals surface area contributed by atoms with E-state index in [2.05, 4.69) is 10.2 Å². The van der Waals surface area contributed by atoms with Crippen LogP contribution in [0.1, 0.15) is 43.9 Å². The first-order valence-corrected chi connectivity index (χ1v) is 7.06. The summed E-state index contributed by atoms with van der Waals surface area (Å²) in [6, 6.07) is 5.53. The summed E-state index contributed by atoms with van der Waals surface area (Å²) in [4.78, 5) is 0. The molecule has 106 valence electrons. The molecule has 1 aromatic heterocycles. The molecule has 2 N–H and O–H groups in total. The highest BCUT2D eigenvalue weighted by Gasteiger charge is 2.23. The van der Waals surface area contributed by atoms with E-state index >= 15 is 0 Å². The Hall–Kier alpha value is -2.04. The van der Waals surface area contributed by atoms with E-state index in [9.17, 15) is 0 Å². The highest BCUT2D eigenvalue weighted by atomic mass is 16.5. The van der Waals surface area contributed by atoms with Crippen LogP contribution in [0.4, 0.5) is 5.69 Å². The molecule has 0 spiro atoms. The van der Waals surface area contributed by atoms with Gasteiger partial charge in [0.2, 0.25) is 5.89 Å². The summed E-state index contributed by atoms with van der Waals surface area (Å²) >= 11 is 0. The van der Waals surface area contributed by atoms with Crippen LogP contribution in [0.2, 0.25) is 0 Å². The van der Waals surface area contributed by atoms with E-state index in [1.807, 2.05) is 12.1 Å². The van der Waals surface area contributed by atoms with Gasteiger partial charge in [-0.2, -0.15) is 0 Å². The quantitative estimate of drug-likeness (QED) is 0.868. The number of nitrogens with two attached hydrogens (primary N) is 1. The number of hydrogen-bond donors (Lipinski definition) is 1. The van der Waals surface area contributed by atoms with Gasteiger partial charge in [0, 0.05) is 5.92 Å². The predicted molar refractivity (Wildman–Crippen MR) is 76.5 cm³/mol. The maximum absolute atomic E-state index is 5.90. The smallest absolute Gasteiger partial charge is 0.251 e. The standard InChI is InChI=1S/C15H19N3O2/c1-19-13-11(8-5-9-12(13)16)15-18-17-14(20-15)10-6-3-2-4-7-10/h5,8-10H,2-4,6-7,16H2,1H3. The largest absolute Gasteiger partial charge is 0.494 e. The average molecular weight is 273 g/mol. The summed E-state index contributed by atoms with van der Waals surface area (Å²) < 4.78 is 11.2. The lowest BCUT2D eigenvalue weighted by Crippen LogP contribution is -2.04. The highest BCUT2D eigenvalue weighted by Crippen LogP contribution is 2.37. The van der Waals surface area contributed by atoms with Crippen molar-refractivity contribution in [3.05, 3.63) is 24.1 Å². The molecule has 20 heavy (non-hydrogen) atoms.